The van der Waals surface area contributed by atoms with Gasteiger partial charge in [-0.15, -0.1) is 11.3 Å². The highest BCUT2D eigenvalue weighted by atomic mass is 32.1. The van der Waals surface area contributed by atoms with Crippen LogP contribution >= 0.6 is 11.3 Å². The van der Waals surface area contributed by atoms with Crippen molar-refractivity contribution in [2.45, 2.75) is 44.3 Å². The van der Waals surface area contributed by atoms with E-state index in [2.05, 4.69) is 10.3 Å². The van der Waals surface area contributed by atoms with Gasteiger partial charge in [-0.25, -0.2) is 4.98 Å². The highest BCUT2D eigenvalue weighted by Crippen LogP contribution is 2.26. The molecule has 1 fully saturated rings. The van der Waals surface area contributed by atoms with Crippen LogP contribution in [0.1, 0.15) is 31.4 Å². The van der Waals surface area contributed by atoms with E-state index in [-0.39, 0.29) is 17.9 Å². The number of aliphatic hydroxyl groups is 1. The van der Waals surface area contributed by atoms with Crippen LogP contribution in [0, 0.1) is 5.92 Å². The predicted molar refractivity (Wildman–Crippen MR) is 82.0 cm³/mol. The summed E-state index contributed by atoms with van der Waals surface area (Å²) < 4.78 is 5.22. The zero-order chi connectivity index (χ0) is 15.2. The van der Waals surface area contributed by atoms with Crippen LogP contribution in [0.2, 0.25) is 0 Å². The molecule has 1 aliphatic rings. The van der Waals surface area contributed by atoms with E-state index in [0.717, 1.165) is 25.0 Å². The molecule has 1 aliphatic carbocycles. The van der Waals surface area contributed by atoms with Gasteiger partial charge in [0.15, 0.2) is 5.13 Å². The fraction of sp³-hybridized carbons (Fsp3) is 0.714. The van der Waals surface area contributed by atoms with Crippen molar-refractivity contribution >= 4 is 22.4 Å². The number of hydrogen-bond donors (Lipinski definition) is 3. The summed E-state index contributed by atoms with van der Waals surface area (Å²) in [6.45, 7) is 0.632. The summed E-state index contributed by atoms with van der Waals surface area (Å²) in [7, 11) is 1.58. The second-order valence-electron chi connectivity index (χ2n) is 5.42. The average molecular weight is 313 g/mol. The largest absolute Gasteiger partial charge is 0.390 e. The molecule has 0 saturated heterocycles. The van der Waals surface area contributed by atoms with Gasteiger partial charge < -0.3 is 20.9 Å². The highest BCUT2D eigenvalue weighted by molar-refractivity contribution is 7.13. The number of hydrogen-bond acceptors (Lipinski definition) is 6. The van der Waals surface area contributed by atoms with Crippen LogP contribution in [0.25, 0.3) is 0 Å². The lowest BCUT2D eigenvalue weighted by Crippen LogP contribution is -2.41. The minimum Gasteiger partial charge on any atom is -0.390 e. The topological polar surface area (TPSA) is 97.5 Å². The van der Waals surface area contributed by atoms with Crippen LogP contribution in [0.5, 0.6) is 0 Å². The molecule has 4 N–H and O–H groups in total. The van der Waals surface area contributed by atoms with Crippen molar-refractivity contribution in [3.63, 3.8) is 0 Å². The normalized spacial score (nSPS) is 25.7. The quantitative estimate of drug-likeness (QED) is 0.679. The monoisotopic (exact) mass is 313 g/mol. The molecule has 0 bridgehead atoms. The summed E-state index contributed by atoms with van der Waals surface area (Å²) >= 11 is 1.44. The highest BCUT2D eigenvalue weighted by Gasteiger charge is 2.32. The van der Waals surface area contributed by atoms with E-state index in [1.807, 2.05) is 5.38 Å². The van der Waals surface area contributed by atoms with Gasteiger partial charge >= 0.3 is 0 Å². The number of rotatable bonds is 6. The van der Waals surface area contributed by atoms with Crippen molar-refractivity contribution in [3.05, 3.63) is 11.1 Å². The lowest BCUT2D eigenvalue weighted by atomic mass is 9.84. The molecule has 6 nitrogen and oxygen atoms in total. The van der Waals surface area contributed by atoms with Gasteiger partial charge in [0.05, 0.1) is 17.9 Å². The molecule has 0 unspecified atom stereocenters. The van der Waals surface area contributed by atoms with E-state index < -0.39 is 6.10 Å². The molecule has 118 valence electrons. The van der Waals surface area contributed by atoms with Crippen molar-refractivity contribution in [1.29, 1.82) is 0 Å². The molecule has 0 radical (unpaired) electrons. The van der Waals surface area contributed by atoms with Gasteiger partial charge in [0, 0.05) is 25.0 Å². The van der Waals surface area contributed by atoms with Crippen molar-refractivity contribution in [1.82, 2.24) is 10.3 Å². The summed E-state index contributed by atoms with van der Waals surface area (Å²) in [5, 5.41) is 15.2. The number of amides is 1. The first-order valence-electron chi connectivity index (χ1n) is 7.28. The molecule has 0 spiro atoms. The SMILES string of the molecule is CO[C@@H]1C[C@H](C(=O)NCCCc2csc(N)n2)CC[C@@H]1O. The second-order valence-corrected chi connectivity index (χ2v) is 6.31. The molecular formula is C14H23N3O3S. The van der Waals surface area contributed by atoms with Crippen LogP contribution in [0.4, 0.5) is 5.13 Å². The van der Waals surface area contributed by atoms with Crippen LogP contribution in [0.15, 0.2) is 5.38 Å². The fourth-order valence-electron chi connectivity index (χ4n) is 2.67. The Morgan fingerprint density at radius 3 is 3.10 bits per heavy atom. The Balaban J connectivity index is 1.67. The Labute approximate surface area is 128 Å². The van der Waals surface area contributed by atoms with Gasteiger partial charge in [0.1, 0.15) is 0 Å². The molecule has 1 heterocycles. The Morgan fingerprint density at radius 2 is 2.43 bits per heavy atom. The van der Waals surface area contributed by atoms with Crippen LogP contribution in [-0.2, 0) is 16.0 Å². The minimum atomic E-state index is -0.450. The number of ether oxygens (including phenoxy) is 1. The third kappa shape index (κ3) is 4.66. The molecule has 1 saturated carbocycles. The van der Waals surface area contributed by atoms with Gasteiger partial charge in [-0.3, -0.25) is 4.79 Å². The predicted octanol–water partition coefficient (Wildman–Crippen LogP) is 0.950. The number of carbonyl (C=O) groups excluding carboxylic acids is 1. The fourth-order valence-corrected chi connectivity index (χ4v) is 3.26. The molecule has 21 heavy (non-hydrogen) atoms. The van der Waals surface area contributed by atoms with Crippen molar-refractivity contribution in [3.8, 4) is 0 Å². The number of methoxy groups -OCH3 is 1. The number of aromatic nitrogens is 1. The average Bonchev–Trinajstić information content (AvgIpc) is 2.89. The molecule has 3 atom stereocenters. The number of nitrogens with one attached hydrogen (secondary N) is 1. The van der Waals surface area contributed by atoms with Crippen molar-refractivity contribution < 1.29 is 14.6 Å². The number of nitrogen functional groups attached to an aromatic ring is 1. The van der Waals surface area contributed by atoms with E-state index in [4.69, 9.17) is 10.5 Å². The number of nitrogens with two attached hydrogens (primary N) is 1. The zero-order valence-corrected chi connectivity index (χ0v) is 13.1. The summed E-state index contributed by atoms with van der Waals surface area (Å²) in [5.74, 6) is -0.00462. The van der Waals surface area contributed by atoms with Gasteiger partial charge in [-0.2, -0.15) is 0 Å². The first kappa shape index (κ1) is 16.2. The van der Waals surface area contributed by atoms with Crippen molar-refractivity contribution in [2.24, 2.45) is 5.92 Å². The van der Waals surface area contributed by atoms with E-state index >= 15 is 0 Å². The molecule has 1 aromatic heterocycles. The summed E-state index contributed by atoms with van der Waals surface area (Å²) in [4.78, 5) is 16.3. The van der Waals surface area contributed by atoms with Crippen LogP contribution in [0.3, 0.4) is 0 Å². The maximum Gasteiger partial charge on any atom is 0.223 e. The number of anilines is 1. The number of aliphatic hydroxyl groups excluding tert-OH is 1. The van der Waals surface area contributed by atoms with E-state index in [0.29, 0.717) is 24.5 Å². The number of carbonyl (C=O) groups is 1. The second kappa shape index (κ2) is 7.72. The maximum atomic E-state index is 12.1. The lowest BCUT2D eigenvalue weighted by molar-refractivity contribution is -0.130. The molecule has 2 rings (SSSR count). The lowest BCUT2D eigenvalue weighted by Gasteiger charge is -2.31. The van der Waals surface area contributed by atoms with Crippen LogP contribution < -0.4 is 11.1 Å². The molecule has 0 aliphatic heterocycles. The van der Waals surface area contributed by atoms with E-state index in [9.17, 15) is 9.90 Å². The smallest absolute Gasteiger partial charge is 0.223 e. The molecular weight excluding hydrogens is 290 g/mol. The number of aryl methyl sites for hydroxylation is 1. The van der Waals surface area contributed by atoms with Crippen LogP contribution in [-0.4, -0.2) is 41.9 Å². The maximum absolute atomic E-state index is 12.1. The first-order chi connectivity index (χ1) is 10.1. The zero-order valence-electron chi connectivity index (χ0n) is 12.2. The van der Waals surface area contributed by atoms with Gasteiger partial charge in [0.2, 0.25) is 5.91 Å². The summed E-state index contributed by atoms with van der Waals surface area (Å²) in [6.07, 6.45) is 2.91. The number of thiazole rings is 1. The van der Waals surface area contributed by atoms with Gasteiger partial charge in [-0.05, 0) is 32.1 Å². The Hall–Kier alpha value is -1.18. The summed E-state index contributed by atoms with van der Waals surface area (Å²) in [5.41, 5.74) is 6.55. The molecule has 7 heteroatoms. The Kier molecular flexibility index (Phi) is 5.96. The number of nitrogens with zero attached hydrogens (tertiary/aromatic N) is 1. The molecule has 1 amide bonds. The van der Waals surface area contributed by atoms with E-state index in [1.165, 1.54) is 11.3 Å². The van der Waals surface area contributed by atoms with Crippen molar-refractivity contribution in [2.75, 3.05) is 19.4 Å². The first-order valence-corrected chi connectivity index (χ1v) is 8.16. The third-order valence-corrected chi connectivity index (χ3v) is 4.63. The Morgan fingerprint density at radius 1 is 1.62 bits per heavy atom. The molecule has 0 aromatic carbocycles. The van der Waals surface area contributed by atoms with Gasteiger partial charge in [-0.1, -0.05) is 0 Å². The Bertz CT molecular complexity index is 466. The summed E-state index contributed by atoms with van der Waals surface area (Å²) in [6, 6.07) is 0. The van der Waals surface area contributed by atoms with Gasteiger partial charge in [0.25, 0.3) is 0 Å². The molecule has 1 aromatic rings. The standard InChI is InChI=1S/C14H23N3O3S/c1-20-12-7-9(4-5-11(12)18)13(19)16-6-2-3-10-8-21-14(15)17-10/h8-9,11-12,18H,2-7H2,1H3,(H2,15,17)(H,16,19)/t9-,11+,12-/m1/s1. The van der Waals surface area contributed by atoms with E-state index in [1.54, 1.807) is 7.11 Å². The third-order valence-electron chi connectivity index (χ3n) is 3.91. The minimum absolute atomic E-state index is 0.0572.